The van der Waals surface area contributed by atoms with Gasteiger partial charge in [0.15, 0.2) is 0 Å². The van der Waals surface area contributed by atoms with Crippen molar-refractivity contribution in [3.63, 3.8) is 0 Å². The molecule has 206 valence electrons. The number of hydrogen-bond acceptors (Lipinski definition) is 9. The molecule has 1 fully saturated rings. The van der Waals surface area contributed by atoms with Crippen LogP contribution in [0.15, 0.2) is 42.0 Å². The average molecular weight is 532 g/mol. The molecule has 1 saturated heterocycles. The van der Waals surface area contributed by atoms with Crippen molar-refractivity contribution in [3.8, 4) is 0 Å². The van der Waals surface area contributed by atoms with Crippen LogP contribution in [0.1, 0.15) is 29.3 Å². The number of aliphatic hydroxyl groups is 2. The van der Waals surface area contributed by atoms with Crippen molar-refractivity contribution in [3.05, 3.63) is 53.1 Å². The molecule has 5 atom stereocenters. The third-order valence-corrected chi connectivity index (χ3v) is 6.04. The predicted octanol–water partition coefficient (Wildman–Crippen LogP) is -0.641. The van der Waals surface area contributed by atoms with Crippen molar-refractivity contribution in [2.45, 2.75) is 43.8 Å². The van der Waals surface area contributed by atoms with Gasteiger partial charge in [0.05, 0.1) is 18.3 Å². The molecule has 1 aliphatic carbocycles. The van der Waals surface area contributed by atoms with E-state index in [9.17, 15) is 24.3 Å². The summed E-state index contributed by atoms with van der Waals surface area (Å²) >= 11 is 0. The summed E-state index contributed by atoms with van der Waals surface area (Å²) in [5.41, 5.74) is 0.895. The Balaban J connectivity index is 1.76. The van der Waals surface area contributed by atoms with E-state index in [1.807, 2.05) is 0 Å². The lowest BCUT2D eigenvalue weighted by atomic mass is 9.91. The topological polar surface area (TPSA) is 164 Å². The van der Waals surface area contributed by atoms with Crippen molar-refractivity contribution in [2.24, 2.45) is 0 Å². The van der Waals surface area contributed by atoms with Gasteiger partial charge < -0.3 is 40.0 Å². The minimum absolute atomic E-state index is 0.0238. The van der Waals surface area contributed by atoms with E-state index in [1.165, 1.54) is 24.0 Å². The van der Waals surface area contributed by atoms with Gasteiger partial charge in [0, 0.05) is 38.7 Å². The number of fused-ring (bicyclic) bond motifs is 1. The van der Waals surface area contributed by atoms with Gasteiger partial charge in [-0.3, -0.25) is 14.4 Å². The SMILES string of the molecule is C[C@H](O)[C@@H](NC(=O)C1=C[C@H]2OCO[C@H]2[C@H](OC(=O)c2ccccc2C=CC(=O)N(C)C)C1)C(=O)NCCO. The second-order valence-electron chi connectivity index (χ2n) is 9.08. The Morgan fingerprint density at radius 3 is 2.63 bits per heavy atom. The average Bonchev–Trinajstić information content (AvgIpc) is 3.37. The summed E-state index contributed by atoms with van der Waals surface area (Å²) in [4.78, 5) is 51.9. The normalized spacial score (nSPS) is 22.1. The first-order valence-corrected chi connectivity index (χ1v) is 12.1. The van der Waals surface area contributed by atoms with Crippen LogP contribution in [0.4, 0.5) is 0 Å². The van der Waals surface area contributed by atoms with Crippen LogP contribution in [0.3, 0.4) is 0 Å². The zero-order valence-corrected chi connectivity index (χ0v) is 21.5. The number of likely N-dealkylation sites (N-methyl/N-ethyl adjacent to an activating group) is 1. The molecule has 1 heterocycles. The summed E-state index contributed by atoms with van der Waals surface area (Å²) in [6, 6.07) is 5.36. The van der Waals surface area contributed by atoms with Gasteiger partial charge in [-0.05, 0) is 30.7 Å². The standard InChI is InChI=1S/C26H33N3O9/c1-15(31)22(25(34)27-10-11-30)28-24(33)17-12-19-23(37-14-36-19)20(13-17)38-26(35)18-7-5-4-6-16(18)8-9-21(32)29(2)3/h4-9,12,15,19-20,22-23,30-31H,10-11,13-14H2,1-3H3,(H,27,34)(H,28,33)/t15-,19+,20+,22+,23+/m0/s1. The minimum Gasteiger partial charge on any atom is -0.456 e. The number of carbonyl (C=O) groups excluding carboxylic acids is 4. The van der Waals surface area contributed by atoms with Crippen LogP contribution in [0, 0.1) is 0 Å². The lowest BCUT2D eigenvalue weighted by Gasteiger charge is -2.31. The Bertz CT molecular complexity index is 1100. The maximum absolute atomic E-state index is 13.2. The van der Waals surface area contributed by atoms with Gasteiger partial charge in [0.2, 0.25) is 17.7 Å². The van der Waals surface area contributed by atoms with E-state index in [4.69, 9.17) is 19.3 Å². The Labute approximate surface area is 220 Å². The number of esters is 1. The molecule has 4 N–H and O–H groups in total. The maximum Gasteiger partial charge on any atom is 0.339 e. The number of aliphatic hydroxyl groups excluding tert-OH is 2. The molecule has 1 aliphatic heterocycles. The number of amides is 3. The molecule has 0 unspecified atom stereocenters. The van der Waals surface area contributed by atoms with Crippen LogP contribution < -0.4 is 10.6 Å². The van der Waals surface area contributed by atoms with Gasteiger partial charge >= 0.3 is 5.97 Å². The molecule has 0 bridgehead atoms. The van der Waals surface area contributed by atoms with Crippen molar-refractivity contribution < 1.29 is 43.6 Å². The molecular formula is C26H33N3O9. The Morgan fingerprint density at radius 1 is 1.21 bits per heavy atom. The maximum atomic E-state index is 13.2. The van der Waals surface area contributed by atoms with E-state index >= 15 is 0 Å². The fourth-order valence-electron chi connectivity index (χ4n) is 3.99. The van der Waals surface area contributed by atoms with Crippen LogP contribution in [0.2, 0.25) is 0 Å². The molecule has 0 aromatic heterocycles. The third kappa shape index (κ3) is 7.25. The van der Waals surface area contributed by atoms with Crippen LogP contribution in [0.25, 0.3) is 6.08 Å². The molecule has 0 radical (unpaired) electrons. The third-order valence-electron chi connectivity index (χ3n) is 6.04. The van der Waals surface area contributed by atoms with Crippen molar-refractivity contribution >= 4 is 29.8 Å². The van der Waals surface area contributed by atoms with E-state index in [0.717, 1.165) is 0 Å². The molecule has 38 heavy (non-hydrogen) atoms. The highest BCUT2D eigenvalue weighted by molar-refractivity contribution is 5.98. The molecule has 12 nitrogen and oxygen atoms in total. The van der Waals surface area contributed by atoms with Gasteiger partial charge in [-0.15, -0.1) is 0 Å². The summed E-state index contributed by atoms with van der Waals surface area (Å²) in [5.74, 6) is -2.22. The monoisotopic (exact) mass is 531 g/mol. The van der Waals surface area contributed by atoms with Crippen molar-refractivity contribution in [1.29, 1.82) is 0 Å². The van der Waals surface area contributed by atoms with E-state index < -0.39 is 48.2 Å². The first kappa shape index (κ1) is 29.0. The molecule has 3 rings (SSSR count). The quantitative estimate of drug-likeness (QED) is 0.227. The number of carbonyl (C=O) groups is 4. The summed E-state index contributed by atoms with van der Waals surface area (Å²) in [5, 5.41) is 23.8. The Morgan fingerprint density at radius 2 is 1.95 bits per heavy atom. The minimum atomic E-state index is -1.27. The highest BCUT2D eigenvalue weighted by Gasteiger charge is 2.43. The molecular weight excluding hydrogens is 498 g/mol. The largest absolute Gasteiger partial charge is 0.456 e. The first-order valence-electron chi connectivity index (χ1n) is 12.1. The molecule has 1 aromatic rings. The zero-order chi connectivity index (χ0) is 27.8. The second kappa shape index (κ2) is 13.3. The second-order valence-corrected chi connectivity index (χ2v) is 9.08. The van der Waals surface area contributed by atoms with E-state index in [0.29, 0.717) is 5.56 Å². The molecule has 1 aromatic carbocycles. The van der Waals surface area contributed by atoms with E-state index in [1.54, 1.807) is 44.4 Å². The highest BCUT2D eigenvalue weighted by atomic mass is 16.7. The number of hydrogen-bond donors (Lipinski definition) is 4. The lowest BCUT2D eigenvalue weighted by molar-refractivity contribution is -0.130. The Hall–Kier alpha value is -3.58. The predicted molar refractivity (Wildman–Crippen MR) is 134 cm³/mol. The van der Waals surface area contributed by atoms with Gasteiger partial charge in [0.25, 0.3) is 0 Å². The molecule has 0 saturated carbocycles. The number of rotatable bonds is 10. The lowest BCUT2D eigenvalue weighted by Crippen LogP contribution is -2.54. The zero-order valence-electron chi connectivity index (χ0n) is 21.5. The van der Waals surface area contributed by atoms with Crippen LogP contribution in [0.5, 0.6) is 0 Å². The number of benzene rings is 1. The summed E-state index contributed by atoms with van der Waals surface area (Å²) in [7, 11) is 3.23. The highest BCUT2D eigenvalue weighted by Crippen LogP contribution is 2.31. The summed E-state index contributed by atoms with van der Waals surface area (Å²) in [6.07, 6.45) is 0.992. The first-order chi connectivity index (χ1) is 18.1. The molecule has 2 aliphatic rings. The fraction of sp³-hybridized carbons (Fsp3) is 0.462. The van der Waals surface area contributed by atoms with Gasteiger partial charge in [-0.1, -0.05) is 18.2 Å². The fourth-order valence-corrected chi connectivity index (χ4v) is 3.99. The number of nitrogens with zero attached hydrogens (tertiary/aromatic N) is 1. The molecule has 0 spiro atoms. The summed E-state index contributed by atoms with van der Waals surface area (Å²) < 4.78 is 16.9. The number of ether oxygens (including phenoxy) is 3. The van der Waals surface area contributed by atoms with Crippen molar-refractivity contribution in [2.75, 3.05) is 34.0 Å². The smallest absolute Gasteiger partial charge is 0.339 e. The molecule has 3 amide bonds. The van der Waals surface area contributed by atoms with Gasteiger partial charge in [-0.25, -0.2) is 4.79 Å². The van der Waals surface area contributed by atoms with Crippen LogP contribution in [-0.4, -0.2) is 103 Å². The van der Waals surface area contributed by atoms with Crippen LogP contribution in [-0.2, 0) is 28.6 Å². The summed E-state index contributed by atoms with van der Waals surface area (Å²) in [6.45, 7) is 0.967. The van der Waals surface area contributed by atoms with E-state index in [-0.39, 0.29) is 43.4 Å². The van der Waals surface area contributed by atoms with Crippen molar-refractivity contribution in [1.82, 2.24) is 15.5 Å². The Kier molecular flexibility index (Phi) is 10.1. The van der Waals surface area contributed by atoms with Crippen LogP contribution >= 0.6 is 0 Å². The van der Waals surface area contributed by atoms with Gasteiger partial charge in [-0.2, -0.15) is 0 Å². The number of nitrogens with one attached hydrogen (secondary N) is 2. The molecule has 12 heteroatoms. The van der Waals surface area contributed by atoms with E-state index in [2.05, 4.69) is 10.6 Å². The van der Waals surface area contributed by atoms with Gasteiger partial charge in [0.1, 0.15) is 31.1 Å².